The number of hydrogen-bond donors (Lipinski definition) is 1. The van der Waals surface area contributed by atoms with Crippen LogP contribution in [0.2, 0.25) is 0 Å². The molecule has 1 atom stereocenters. The predicted molar refractivity (Wildman–Crippen MR) is 118 cm³/mol. The number of esters is 1. The number of imidazole rings is 1. The average Bonchev–Trinajstić information content (AvgIpc) is 3.14. The van der Waals surface area contributed by atoms with E-state index in [9.17, 15) is 14.9 Å². The second-order valence-electron chi connectivity index (χ2n) is 7.63. The summed E-state index contributed by atoms with van der Waals surface area (Å²) in [5.74, 6) is 0.121. The Morgan fingerprint density at radius 3 is 2.65 bits per heavy atom. The molecule has 0 radical (unpaired) electrons. The molecular formula is C22H29N5O4. The number of methoxy groups -OCH3 is 1. The average molecular weight is 428 g/mol. The zero-order valence-electron chi connectivity index (χ0n) is 18.4. The van der Waals surface area contributed by atoms with E-state index in [1.165, 1.54) is 19.2 Å². The predicted octanol–water partition coefficient (Wildman–Crippen LogP) is 3.88. The minimum absolute atomic E-state index is 0.0280. The molecule has 0 saturated heterocycles. The molecule has 2 heterocycles. The third-order valence-corrected chi connectivity index (χ3v) is 5.38. The molecule has 0 amide bonds. The quantitative estimate of drug-likeness (QED) is 0.368. The number of nitrogens with one attached hydrogen (secondary N) is 1. The number of ether oxygens (including phenoxy) is 1. The fraction of sp³-hybridized carbons (Fsp3) is 0.455. The zero-order chi connectivity index (χ0) is 22.5. The second kappa shape index (κ2) is 9.74. The van der Waals surface area contributed by atoms with Crippen molar-refractivity contribution in [2.45, 2.75) is 46.2 Å². The molecular weight excluding hydrogens is 398 g/mol. The Hall–Kier alpha value is -3.20. The number of nitrogens with zero attached hydrogens (tertiary/aromatic N) is 4. The summed E-state index contributed by atoms with van der Waals surface area (Å²) in [6, 6.07) is 5.80. The molecule has 0 spiro atoms. The molecule has 1 N–H and O–H groups in total. The van der Waals surface area contributed by atoms with Crippen molar-refractivity contribution in [2.24, 2.45) is 0 Å². The summed E-state index contributed by atoms with van der Waals surface area (Å²) < 4.78 is 7.02. The molecule has 9 nitrogen and oxygen atoms in total. The monoisotopic (exact) mass is 427 g/mol. The third-order valence-electron chi connectivity index (χ3n) is 5.38. The van der Waals surface area contributed by atoms with Gasteiger partial charge in [-0.3, -0.25) is 15.0 Å². The van der Waals surface area contributed by atoms with Gasteiger partial charge in [0.15, 0.2) is 0 Å². The topological polar surface area (TPSA) is 103 Å². The minimum atomic E-state index is -0.578. The van der Waals surface area contributed by atoms with Gasteiger partial charge in [0.05, 0.1) is 35.5 Å². The number of nitro benzene ring substituents is 1. The molecule has 1 aliphatic heterocycles. The van der Waals surface area contributed by atoms with Crippen LogP contribution in [0.3, 0.4) is 0 Å². The van der Waals surface area contributed by atoms with E-state index in [1.807, 2.05) is 4.57 Å². The number of benzene rings is 1. The van der Waals surface area contributed by atoms with Crippen LogP contribution in [0.1, 0.15) is 50.9 Å². The lowest BCUT2D eigenvalue weighted by Gasteiger charge is -2.32. The summed E-state index contributed by atoms with van der Waals surface area (Å²) >= 11 is 0. The van der Waals surface area contributed by atoms with E-state index >= 15 is 0 Å². The molecule has 0 aliphatic carbocycles. The highest BCUT2D eigenvalue weighted by Gasteiger charge is 2.35. The van der Waals surface area contributed by atoms with Crippen molar-refractivity contribution in [3.05, 3.63) is 63.1 Å². The number of aromatic nitrogens is 2. The number of nitro groups is 1. The number of hydrogen-bond acceptors (Lipinski definition) is 7. The summed E-state index contributed by atoms with van der Waals surface area (Å²) in [5.41, 5.74) is 2.56. The van der Waals surface area contributed by atoms with Gasteiger partial charge >= 0.3 is 5.97 Å². The first kappa shape index (κ1) is 22.5. The summed E-state index contributed by atoms with van der Waals surface area (Å²) in [6.07, 6.45) is 3.86. The smallest absolute Gasteiger partial charge is 0.337 e. The SMILES string of the molecule is CCCN(CCC)Cc1cnc2n1C(c1cccc([N+](=O)[O-])c1)C(C(=O)OC)=C(C)N2. The molecule has 31 heavy (non-hydrogen) atoms. The largest absolute Gasteiger partial charge is 0.466 e. The summed E-state index contributed by atoms with van der Waals surface area (Å²) in [5, 5.41) is 14.6. The number of allylic oxidation sites excluding steroid dienone is 1. The van der Waals surface area contributed by atoms with E-state index in [0.717, 1.165) is 31.6 Å². The van der Waals surface area contributed by atoms with Gasteiger partial charge in [0, 0.05) is 24.4 Å². The van der Waals surface area contributed by atoms with Crippen LogP contribution in [0, 0.1) is 10.1 Å². The van der Waals surface area contributed by atoms with Gasteiger partial charge in [0.25, 0.3) is 5.69 Å². The van der Waals surface area contributed by atoms with Crippen LogP contribution in [0.25, 0.3) is 0 Å². The fourth-order valence-electron chi connectivity index (χ4n) is 4.09. The molecule has 9 heteroatoms. The number of non-ortho nitro benzene ring substituents is 1. The summed E-state index contributed by atoms with van der Waals surface area (Å²) in [4.78, 5) is 30.6. The van der Waals surface area contributed by atoms with Crippen LogP contribution in [-0.4, -0.2) is 45.5 Å². The van der Waals surface area contributed by atoms with E-state index in [1.54, 1.807) is 25.3 Å². The molecule has 166 valence electrons. The summed E-state index contributed by atoms with van der Waals surface area (Å²) in [6.45, 7) is 8.63. The Morgan fingerprint density at radius 1 is 1.32 bits per heavy atom. The van der Waals surface area contributed by atoms with Crippen LogP contribution in [0.4, 0.5) is 11.6 Å². The highest BCUT2D eigenvalue weighted by molar-refractivity contribution is 5.92. The van der Waals surface area contributed by atoms with E-state index < -0.39 is 16.9 Å². The van der Waals surface area contributed by atoms with Gasteiger partial charge in [0.1, 0.15) is 0 Å². The number of anilines is 1. The molecule has 1 aliphatic rings. The van der Waals surface area contributed by atoms with E-state index in [4.69, 9.17) is 4.74 Å². The van der Waals surface area contributed by atoms with Crippen molar-refractivity contribution >= 4 is 17.6 Å². The van der Waals surface area contributed by atoms with Gasteiger partial charge in [-0.2, -0.15) is 0 Å². The molecule has 0 fully saturated rings. The van der Waals surface area contributed by atoms with Crippen LogP contribution in [0.15, 0.2) is 41.7 Å². The lowest BCUT2D eigenvalue weighted by molar-refractivity contribution is -0.384. The van der Waals surface area contributed by atoms with Crippen molar-refractivity contribution in [1.29, 1.82) is 0 Å². The van der Waals surface area contributed by atoms with Crippen LogP contribution >= 0.6 is 0 Å². The second-order valence-corrected chi connectivity index (χ2v) is 7.63. The van der Waals surface area contributed by atoms with E-state index in [-0.39, 0.29) is 5.69 Å². The Bertz CT molecular complexity index is 992. The lowest BCUT2D eigenvalue weighted by Crippen LogP contribution is -2.32. The standard InChI is InChI=1S/C22H29N5O4/c1-5-10-25(11-6-2)14-18-13-23-22-24-15(3)19(21(28)31-4)20(26(18)22)16-8-7-9-17(12-16)27(29)30/h7-9,12-13,20H,5-6,10-11,14H2,1-4H3,(H,23,24). The van der Waals surface area contributed by atoms with Crippen molar-refractivity contribution in [3.8, 4) is 0 Å². The maximum absolute atomic E-state index is 12.8. The first-order valence-electron chi connectivity index (χ1n) is 10.5. The molecule has 1 aromatic carbocycles. The highest BCUT2D eigenvalue weighted by Crippen LogP contribution is 2.38. The van der Waals surface area contributed by atoms with Gasteiger partial charge in [-0.1, -0.05) is 26.0 Å². The number of carbonyl (C=O) groups excluding carboxylic acids is 1. The van der Waals surface area contributed by atoms with Crippen molar-refractivity contribution < 1.29 is 14.5 Å². The molecule has 1 aromatic heterocycles. The van der Waals surface area contributed by atoms with Gasteiger partial charge in [-0.25, -0.2) is 9.78 Å². The van der Waals surface area contributed by atoms with Crippen LogP contribution < -0.4 is 5.32 Å². The molecule has 0 saturated carbocycles. The third kappa shape index (κ3) is 4.61. The van der Waals surface area contributed by atoms with Gasteiger partial charge in [-0.05, 0) is 38.4 Å². The Balaban J connectivity index is 2.14. The van der Waals surface area contributed by atoms with Gasteiger partial charge < -0.3 is 14.6 Å². The Labute approximate surface area is 181 Å². The van der Waals surface area contributed by atoms with Crippen LogP contribution in [-0.2, 0) is 16.1 Å². The summed E-state index contributed by atoms with van der Waals surface area (Å²) in [7, 11) is 1.34. The van der Waals surface area contributed by atoms with E-state index in [0.29, 0.717) is 29.3 Å². The number of carbonyl (C=O) groups is 1. The lowest BCUT2D eigenvalue weighted by atomic mass is 9.94. The van der Waals surface area contributed by atoms with Gasteiger partial charge in [0.2, 0.25) is 5.95 Å². The van der Waals surface area contributed by atoms with E-state index in [2.05, 4.69) is 29.0 Å². The molecule has 0 bridgehead atoms. The maximum atomic E-state index is 12.8. The van der Waals surface area contributed by atoms with Crippen molar-refractivity contribution in [1.82, 2.24) is 14.5 Å². The molecule has 1 unspecified atom stereocenters. The maximum Gasteiger partial charge on any atom is 0.337 e. The van der Waals surface area contributed by atoms with Crippen molar-refractivity contribution in [3.63, 3.8) is 0 Å². The van der Waals surface area contributed by atoms with Gasteiger partial charge in [-0.15, -0.1) is 0 Å². The fourth-order valence-corrected chi connectivity index (χ4v) is 4.09. The Morgan fingerprint density at radius 2 is 2.03 bits per heavy atom. The first-order chi connectivity index (χ1) is 14.9. The van der Waals surface area contributed by atoms with Crippen LogP contribution in [0.5, 0.6) is 0 Å². The number of rotatable bonds is 9. The zero-order valence-corrected chi connectivity index (χ0v) is 18.4. The Kier molecular flexibility index (Phi) is 7.06. The minimum Gasteiger partial charge on any atom is -0.466 e. The number of fused-ring (bicyclic) bond motifs is 1. The molecule has 2 aromatic rings. The van der Waals surface area contributed by atoms with Crippen molar-refractivity contribution in [2.75, 3.05) is 25.5 Å². The molecule has 3 rings (SSSR count). The first-order valence-corrected chi connectivity index (χ1v) is 10.5. The normalized spacial score (nSPS) is 15.6. The highest BCUT2D eigenvalue weighted by atomic mass is 16.6.